The molecule has 1 aromatic heterocycles. The Labute approximate surface area is 101 Å². The van der Waals surface area contributed by atoms with Crippen LogP contribution in [0.3, 0.4) is 0 Å². The van der Waals surface area contributed by atoms with E-state index >= 15 is 0 Å². The third kappa shape index (κ3) is 2.22. The first kappa shape index (κ1) is 12.5. The normalized spacial score (nSPS) is 20.2. The summed E-state index contributed by atoms with van der Waals surface area (Å²) < 4.78 is 27.2. The molecule has 0 atom stereocenters. The van der Waals surface area contributed by atoms with Gasteiger partial charge in [-0.05, 0) is 6.42 Å². The fourth-order valence-corrected chi connectivity index (χ4v) is 3.73. The van der Waals surface area contributed by atoms with E-state index in [-0.39, 0.29) is 10.6 Å². The van der Waals surface area contributed by atoms with Gasteiger partial charge in [0.25, 0.3) is 10.0 Å². The third-order valence-corrected chi connectivity index (χ3v) is 4.69. The van der Waals surface area contributed by atoms with Crippen molar-refractivity contribution in [1.82, 2.24) is 13.9 Å². The van der Waals surface area contributed by atoms with Gasteiger partial charge in [-0.1, -0.05) is 13.3 Å². The van der Waals surface area contributed by atoms with E-state index in [0.717, 1.165) is 12.8 Å². The minimum Gasteiger partial charge on any atom is -0.339 e. The largest absolute Gasteiger partial charge is 0.339 e. The highest BCUT2D eigenvalue weighted by Gasteiger charge is 2.45. The lowest BCUT2D eigenvalue weighted by atomic mass is 9.89. The van der Waals surface area contributed by atoms with Crippen LogP contribution in [0.2, 0.25) is 0 Å². The van der Waals surface area contributed by atoms with Crippen LogP contribution >= 0.6 is 0 Å². The van der Waals surface area contributed by atoms with E-state index in [9.17, 15) is 8.42 Å². The molecule has 1 aliphatic rings. The third-order valence-electron chi connectivity index (χ3n) is 3.02. The number of aryl methyl sites for hydroxylation is 1. The molecule has 2 heterocycles. The molecule has 0 spiro atoms. The maximum Gasteiger partial charge on any atom is 0.262 e. The summed E-state index contributed by atoms with van der Waals surface area (Å²) in [4.78, 5) is 3.88. The van der Waals surface area contributed by atoms with Crippen LogP contribution in [-0.4, -0.2) is 40.9 Å². The van der Waals surface area contributed by atoms with E-state index in [2.05, 4.69) is 4.98 Å². The average Bonchev–Trinajstić information content (AvgIpc) is 2.62. The Morgan fingerprint density at radius 1 is 1.53 bits per heavy atom. The van der Waals surface area contributed by atoms with Crippen molar-refractivity contribution in [3.63, 3.8) is 0 Å². The number of aromatic nitrogens is 2. The van der Waals surface area contributed by atoms with E-state index in [4.69, 9.17) is 5.73 Å². The Morgan fingerprint density at radius 2 is 2.18 bits per heavy atom. The van der Waals surface area contributed by atoms with Crippen LogP contribution in [0.5, 0.6) is 0 Å². The van der Waals surface area contributed by atoms with Gasteiger partial charge in [0, 0.05) is 31.9 Å². The minimum absolute atomic E-state index is 0.0959. The second-order valence-corrected chi connectivity index (χ2v) is 6.65. The van der Waals surface area contributed by atoms with Crippen molar-refractivity contribution >= 4 is 10.0 Å². The Hall–Kier alpha value is -0.920. The fraction of sp³-hybridized carbons (Fsp3) is 0.700. The zero-order valence-electron chi connectivity index (χ0n) is 10.1. The van der Waals surface area contributed by atoms with E-state index in [1.165, 1.54) is 16.8 Å². The second-order valence-electron chi connectivity index (χ2n) is 4.76. The van der Waals surface area contributed by atoms with Gasteiger partial charge in [-0.25, -0.2) is 13.4 Å². The van der Waals surface area contributed by atoms with E-state index in [1.807, 2.05) is 6.92 Å². The Kier molecular flexibility index (Phi) is 3.01. The topological polar surface area (TPSA) is 81.2 Å². The molecule has 1 aliphatic heterocycles. The quantitative estimate of drug-likeness (QED) is 0.819. The SMILES string of the molecule is CCCC1(N)CN(S(=O)(=O)c2cn(C)cn2)C1. The number of sulfonamides is 1. The summed E-state index contributed by atoms with van der Waals surface area (Å²) in [6, 6.07) is 0. The predicted molar refractivity (Wildman–Crippen MR) is 63.8 cm³/mol. The highest BCUT2D eigenvalue weighted by atomic mass is 32.2. The molecule has 2 rings (SSSR count). The van der Waals surface area contributed by atoms with Gasteiger partial charge in [0.15, 0.2) is 5.03 Å². The van der Waals surface area contributed by atoms with Gasteiger partial charge in [0.05, 0.1) is 6.33 Å². The molecule has 0 amide bonds. The molecule has 0 bridgehead atoms. The molecule has 0 aromatic carbocycles. The molecule has 1 saturated heterocycles. The molecule has 7 heteroatoms. The fourth-order valence-electron chi connectivity index (χ4n) is 2.14. The van der Waals surface area contributed by atoms with Gasteiger partial charge in [-0.3, -0.25) is 0 Å². The summed E-state index contributed by atoms with van der Waals surface area (Å²) in [5.41, 5.74) is 5.70. The summed E-state index contributed by atoms with van der Waals surface area (Å²) in [5.74, 6) is 0. The Balaban J connectivity index is 2.11. The molecule has 0 unspecified atom stereocenters. The first-order chi connectivity index (χ1) is 7.87. The molecular weight excluding hydrogens is 240 g/mol. The molecule has 17 heavy (non-hydrogen) atoms. The van der Waals surface area contributed by atoms with Crippen molar-refractivity contribution in [3.8, 4) is 0 Å². The van der Waals surface area contributed by atoms with Gasteiger partial charge in [0.2, 0.25) is 0 Å². The van der Waals surface area contributed by atoms with E-state index in [0.29, 0.717) is 13.1 Å². The minimum atomic E-state index is -3.45. The van der Waals surface area contributed by atoms with Crippen LogP contribution in [0.25, 0.3) is 0 Å². The van der Waals surface area contributed by atoms with Crippen LogP contribution in [0.1, 0.15) is 19.8 Å². The lowest BCUT2D eigenvalue weighted by Gasteiger charge is -2.46. The van der Waals surface area contributed by atoms with Crippen molar-refractivity contribution in [1.29, 1.82) is 0 Å². The highest BCUT2D eigenvalue weighted by molar-refractivity contribution is 7.89. The standard InChI is InChI=1S/C10H18N4O2S/c1-3-4-10(11)6-14(7-10)17(15,16)9-5-13(2)8-12-9/h5,8H,3-4,6-7,11H2,1-2H3. The van der Waals surface area contributed by atoms with Crippen LogP contribution in [0.15, 0.2) is 17.6 Å². The van der Waals surface area contributed by atoms with Gasteiger partial charge in [-0.15, -0.1) is 0 Å². The van der Waals surface area contributed by atoms with Gasteiger partial charge < -0.3 is 10.3 Å². The lowest BCUT2D eigenvalue weighted by molar-refractivity contribution is 0.146. The summed E-state index contributed by atoms with van der Waals surface area (Å²) in [6.45, 7) is 2.82. The monoisotopic (exact) mass is 258 g/mol. The van der Waals surface area contributed by atoms with Crippen LogP contribution in [0.4, 0.5) is 0 Å². The van der Waals surface area contributed by atoms with Crippen LogP contribution in [0, 0.1) is 0 Å². The number of hydrogen-bond donors (Lipinski definition) is 1. The van der Waals surface area contributed by atoms with Gasteiger partial charge >= 0.3 is 0 Å². The zero-order chi connectivity index (χ0) is 12.7. The molecular formula is C10H18N4O2S. The summed E-state index contributed by atoms with van der Waals surface area (Å²) >= 11 is 0. The first-order valence-electron chi connectivity index (χ1n) is 5.64. The number of nitrogens with zero attached hydrogens (tertiary/aromatic N) is 3. The van der Waals surface area contributed by atoms with Crippen molar-refractivity contribution in [2.45, 2.75) is 30.3 Å². The van der Waals surface area contributed by atoms with Crippen molar-refractivity contribution in [3.05, 3.63) is 12.5 Å². The first-order valence-corrected chi connectivity index (χ1v) is 7.08. The predicted octanol–water partition coefficient (Wildman–Crippen LogP) is -0.0780. The maximum atomic E-state index is 12.1. The van der Waals surface area contributed by atoms with Crippen LogP contribution in [-0.2, 0) is 17.1 Å². The molecule has 1 fully saturated rings. The average molecular weight is 258 g/mol. The molecule has 0 aliphatic carbocycles. The molecule has 0 radical (unpaired) electrons. The summed E-state index contributed by atoms with van der Waals surface area (Å²) in [7, 11) is -1.71. The molecule has 1 aromatic rings. The molecule has 2 N–H and O–H groups in total. The zero-order valence-corrected chi connectivity index (χ0v) is 10.9. The number of imidazole rings is 1. The van der Waals surface area contributed by atoms with Crippen molar-refractivity contribution in [2.24, 2.45) is 12.8 Å². The van der Waals surface area contributed by atoms with Gasteiger partial charge in [-0.2, -0.15) is 4.31 Å². The highest BCUT2D eigenvalue weighted by Crippen LogP contribution is 2.28. The van der Waals surface area contributed by atoms with Crippen molar-refractivity contribution < 1.29 is 8.42 Å². The maximum absolute atomic E-state index is 12.1. The summed E-state index contributed by atoms with van der Waals surface area (Å²) in [5, 5.41) is 0.0959. The van der Waals surface area contributed by atoms with Crippen LogP contribution < -0.4 is 5.73 Å². The van der Waals surface area contributed by atoms with Crippen molar-refractivity contribution in [2.75, 3.05) is 13.1 Å². The lowest BCUT2D eigenvalue weighted by Crippen LogP contribution is -2.68. The van der Waals surface area contributed by atoms with E-state index < -0.39 is 10.0 Å². The number of nitrogens with two attached hydrogens (primary N) is 1. The number of hydrogen-bond acceptors (Lipinski definition) is 4. The Bertz CT molecular complexity index is 502. The summed E-state index contributed by atoms with van der Waals surface area (Å²) in [6.07, 6.45) is 4.80. The molecule has 96 valence electrons. The smallest absolute Gasteiger partial charge is 0.262 e. The molecule has 6 nitrogen and oxygen atoms in total. The van der Waals surface area contributed by atoms with Gasteiger partial charge in [0.1, 0.15) is 0 Å². The molecule has 0 saturated carbocycles. The Morgan fingerprint density at radius 3 is 2.65 bits per heavy atom. The van der Waals surface area contributed by atoms with E-state index in [1.54, 1.807) is 11.6 Å². The second kappa shape index (κ2) is 4.08. The number of rotatable bonds is 4.